The van der Waals surface area contributed by atoms with Crippen LogP contribution in [0.25, 0.3) is 6.08 Å². The minimum absolute atomic E-state index is 0.0450. The van der Waals surface area contributed by atoms with Gasteiger partial charge in [-0.25, -0.2) is 0 Å². The van der Waals surface area contributed by atoms with Crippen molar-refractivity contribution in [1.29, 1.82) is 0 Å². The van der Waals surface area contributed by atoms with Crippen LogP contribution in [-0.2, 0) is 0 Å². The van der Waals surface area contributed by atoms with Crippen LogP contribution < -0.4 is 5.32 Å². The third kappa shape index (κ3) is 5.99. The predicted octanol–water partition coefficient (Wildman–Crippen LogP) is 2.69. The molecule has 29 heavy (non-hydrogen) atoms. The van der Waals surface area contributed by atoms with Crippen LogP contribution in [-0.4, -0.2) is 65.9 Å². The molecule has 1 saturated heterocycles. The highest BCUT2D eigenvalue weighted by Gasteiger charge is 2.22. The number of amides is 2. The fraction of sp³-hybridized carbons (Fsp3) is 0.348. The maximum atomic E-state index is 12.8. The van der Waals surface area contributed by atoms with Gasteiger partial charge in [0.2, 0.25) is 0 Å². The summed E-state index contributed by atoms with van der Waals surface area (Å²) in [5.41, 5.74) is 1.99. The molecule has 152 valence electrons. The molecule has 2 amide bonds. The Kier molecular flexibility index (Phi) is 7.53. The van der Waals surface area contributed by atoms with Gasteiger partial charge in [-0.15, -0.1) is 0 Å². The lowest BCUT2D eigenvalue weighted by Gasteiger charge is -2.34. The van der Waals surface area contributed by atoms with E-state index in [1.807, 2.05) is 30.0 Å². The second-order valence-corrected chi connectivity index (χ2v) is 7.09. The van der Waals surface area contributed by atoms with E-state index < -0.39 is 0 Å². The number of aromatic nitrogens is 1. The van der Waals surface area contributed by atoms with E-state index in [0.29, 0.717) is 25.2 Å². The number of carbonyl (C=O) groups is 2. The fourth-order valence-electron chi connectivity index (χ4n) is 3.23. The van der Waals surface area contributed by atoms with Gasteiger partial charge in [0.05, 0.1) is 0 Å². The zero-order valence-corrected chi connectivity index (χ0v) is 16.9. The summed E-state index contributed by atoms with van der Waals surface area (Å²) in [7, 11) is 0. The molecule has 0 saturated carbocycles. The van der Waals surface area contributed by atoms with Crippen LogP contribution in [0.5, 0.6) is 0 Å². The van der Waals surface area contributed by atoms with Gasteiger partial charge in [0.15, 0.2) is 0 Å². The van der Waals surface area contributed by atoms with Crippen molar-refractivity contribution in [2.75, 3.05) is 39.3 Å². The summed E-state index contributed by atoms with van der Waals surface area (Å²) in [6.45, 7) is 6.48. The van der Waals surface area contributed by atoms with Crippen molar-refractivity contribution in [2.24, 2.45) is 0 Å². The first-order valence-electron chi connectivity index (χ1n) is 10.1. The highest BCUT2D eigenvalue weighted by Crippen LogP contribution is 2.10. The average Bonchev–Trinajstić information content (AvgIpc) is 2.78. The van der Waals surface area contributed by atoms with Crippen LogP contribution in [0.2, 0.25) is 0 Å². The molecule has 6 heteroatoms. The first kappa shape index (κ1) is 20.7. The molecular formula is C23H28N4O2. The number of benzene rings is 1. The van der Waals surface area contributed by atoms with E-state index in [4.69, 9.17) is 0 Å². The molecule has 0 aliphatic carbocycles. The number of hydrogen-bond acceptors (Lipinski definition) is 4. The first-order valence-corrected chi connectivity index (χ1v) is 10.1. The standard InChI is InChI=1S/C23H28N4O2/c1-2-11-25-22(28)21-18-20(10-12-24-21)23(29)27-16-14-26(15-17-27)13-6-9-19-7-4-3-5-8-19/h3-10,12,18H,2,11,13-17H2,1H3,(H,25,28)/b9-6+. The lowest BCUT2D eigenvalue weighted by molar-refractivity contribution is 0.0650. The predicted molar refractivity (Wildman–Crippen MR) is 115 cm³/mol. The van der Waals surface area contributed by atoms with Crippen LogP contribution in [0.3, 0.4) is 0 Å². The molecule has 1 aromatic heterocycles. The topological polar surface area (TPSA) is 65.5 Å². The Morgan fingerprint density at radius 1 is 1.10 bits per heavy atom. The van der Waals surface area contributed by atoms with E-state index in [-0.39, 0.29) is 17.5 Å². The fourth-order valence-corrected chi connectivity index (χ4v) is 3.23. The molecular weight excluding hydrogens is 364 g/mol. The summed E-state index contributed by atoms with van der Waals surface area (Å²) >= 11 is 0. The van der Waals surface area contributed by atoms with Gasteiger partial charge in [-0.2, -0.15) is 0 Å². The van der Waals surface area contributed by atoms with Gasteiger partial charge in [0.1, 0.15) is 5.69 Å². The summed E-state index contributed by atoms with van der Waals surface area (Å²) in [5, 5.41) is 2.79. The maximum absolute atomic E-state index is 12.8. The molecule has 1 aliphatic heterocycles. The number of rotatable bonds is 7. The zero-order chi connectivity index (χ0) is 20.5. The smallest absolute Gasteiger partial charge is 0.269 e. The van der Waals surface area contributed by atoms with E-state index in [2.05, 4.69) is 39.5 Å². The Morgan fingerprint density at radius 3 is 2.59 bits per heavy atom. The van der Waals surface area contributed by atoms with Crippen molar-refractivity contribution >= 4 is 17.9 Å². The van der Waals surface area contributed by atoms with Gasteiger partial charge < -0.3 is 10.2 Å². The molecule has 1 N–H and O–H groups in total. The van der Waals surface area contributed by atoms with E-state index in [0.717, 1.165) is 26.1 Å². The summed E-state index contributed by atoms with van der Waals surface area (Å²) in [4.78, 5) is 33.2. The summed E-state index contributed by atoms with van der Waals surface area (Å²) < 4.78 is 0. The Balaban J connectivity index is 1.51. The third-order valence-corrected chi connectivity index (χ3v) is 4.91. The van der Waals surface area contributed by atoms with Crippen LogP contribution >= 0.6 is 0 Å². The van der Waals surface area contributed by atoms with Crippen molar-refractivity contribution in [3.05, 3.63) is 71.6 Å². The van der Waals surface area contributed by atoms with E-state index in [1.54, 1.807) is 12.1 Å². The normalized spacial score (nSPS) is 14.9. The SMILES string of the molecule is CCCNC(=O)c1cc(C(=O)N2CCN(C/C=C/c3ccccc3)CC2)ccn1. The molecule has 0 radical (unpaired) electrons. The van der Waals surface area contributed by atoms with Gasteiger partial charge >= 0.3 is 0 Å². The molecule has 2 aromatic rings. The van der Waals surface area contributed by atoms with Crippen molar-refractivity contribution in [3.63, 3.8) is 0 Å². The van der Waals surface area contributed by atoms with E-state index >= 15 is 0 Å². The van der Waals surface area contributed by atoms with Gasteiger partial charge in [0.25, 0.3) is 11.8 Å². The number of nitrogens with zero attached hydrogens (tertiary/aromatic N) is 3. The second kappa shape index (κ2) is 10.5. The van der Waals surface area contributed by atoms with Gasteiger partial charge in [0, 0.05) is 51.0 Å². The highest BCUT2D eigenvalue weighted by molar-refractivity contribution is 5.98. The molecule has 1 aromatic carbocycles. The minimum Gasteiger partial charge on any atom is -0.351 e. The molecule has 6 nitrogen and oxygen atoms in total. The second-order valence-electron chi connectivity index (χ2n) is 7.09. The van der Waals surface area contributed by atoms with Gasteiger partial charge in [-0.05, 0) is 24.1 Å². The molecule has 0 bridgehead atoms. The maximum Gasteiger partial charge on any atom is 0.269 e. The summed E-state index contributed by atoms with van der Waals surface area (Å²) in [5.74, 6) is -0.284. The number of carbonyl (C=O) groups excluding carboxylic acids is 2. The number of hydrogen-bond donors (Lipinski definition) is 1. The summed E-state index contributed by atoms with van der Waals surface area (Å²) in [6, 6.07) is 13.5. The van der Waals surface area contributed by atoms with Crippen molar-refractivity contribution < 1.29 is 9.59 Å². The van der Waals surface area contributed by atoms with Gasteiger partial charge in [-0.3, -0.25) is 19.5 Å². The number of piperazine rings is 1. The largest absolute Gasteiger partial charge is 0.351 e. The lowest BCUT2D eigenvalue weighted by atomic mass is 10.1. The van der Waals surface area contributed by atoms with E-state index in [9.17, 15) is 9.59 Å². The quantitative estimate of drug-likeness (QED) is 0.787. The minimum atomic E-state index is -0.239. The zero-order valence-electron chi connectivity index (χ0n) is 16.9. The Morgan fingerprint density at radius 2 is 1.86 bits per heavy atom. The van der Waals surface area contributed by atoms with E-state index in [1.165, 1.54) is 11.8 Å². The van der Waals surface area contributed by atoms with Crippen LogP contribution in [0, 0.1) is 0 Å². The number of pyridine rings is 1. The molecule has 0 spiro atoms. The van der Waals surface area contributed by atoms with Gasteiger partial charge in [-0.1, -0.05) is 49.4 Å². The molecule has 2 heterocycles. The first-order chi connectivity index (χ1) is 14.2. The summed E-state index contributed by atoms with van der Waals surface area (Å²) in [6.07, 6.45) is 6.67. The molecule has 3 rings (SSSR count). The van der Waals surface area contributed by atoms with Crippen LogP contribution in [0.4, 0.5) is 0 Å². The molecule has 0 unspecified atom stereocenters. The third-order valence-electron chi connectivity index (χ3n) is 4.91. The lowest BCUT2D eigenvalue weighted by Crippen LogP contribution is -2.48. The Bertz CT molecular complexity index is 843. The number of nitrogens with one attached hydrogen (secondary N) is 1. The van der Waals surface area contributed by atoms with Crippen molar-refractivity contribution in [3.8, 4) is 0 Å². The molecule has 0 atom stereocenters. The van der Waals surface area contributed by atoms with Crippen LogP contribution in [0.1, 0.15) is 39.8 Å². The monoisotopic (exact) mass is 392 g/mol. The van der Waals surface area contributed by atoms with Crippen molar-refractivity contribution in [2.45, 2.75) is 13.3 Å². The Labute approximate surface area is 172 Å². The van der Waals surface area contributed by atoms with Crippen LogP contribution in [0.15, 0.2) is 54.7 Å². The Hall–Kier alpha value is -2.99. The molecule has 1 fully saturated rings. The molecule has 1 aliphatic rings. The van der Waals surface area contributed by atoms with Crippen molar-refractivity contribution in [1.82, 2.24) is 20.1 Å². The highest BCUT2D eigenvalue weighted by atomic mass is 16.2. The average molecular weight is 393 g/mol.